The second-order valence-corrected chi connectivity index (χ2v) is 18.3. The lowest BCUT2D eigenvalue weighted by Gasteiger charge is -2.71. The molecule has 8 aliphatic rings. The number of carbonyl (C=O) groups excluding carboxylic acids is 1. The number of allylic oxidation sites excluding steroid dienone is 1. The van der Waals surface area contributed by atoms with Gasteiger partial charge in [0.1, 0.15) is 35.4 Å². The van der Waals surface area contributed by atoms with Crippen molar-refractivity contribution in [2.24, 2.45) is 28.6 Å². The molecule has 0 radical (unpaired) electrons. The number of aromatic hydroxyl groups is 1. The highest BCUT2D eigenvalue weighted by Crippen LogP contribution is 2.72. The van der Waals surface area contributed by atoms with Gasteiger partial charge in [0.15, 0.2) is 5.78 Å². The molecule has 8 N–H and O–H groups in total. The first-order valence-corrected chi connectivity index (χ1v) is 20.4. The normalized spacial score (nSPS) is 41.6. The summed E-state index contributed by atoms with van der Waals surface area (Å²) < 4.78 is 26.0. The van der Waals surface area contributed by atoms with Crippen molar-refractivity contribution < 1.29 is 59.2 Å². The summed E-state index contributed by atoms with van der Waals surface area (Å²) in [4.78, 5) is 24.8. The molecule has 3 spiro atoms. The molecule has 3 saturated heterocycles. The molecule has 4 aliphatic carbocycles. The number of phenolic OH excluding ortho intramolecular Hbond substituents is 1. The first kappa shape index (κ1) is 37.8. The van der Waals surface area contributed by atoms with Gasteiger partial charge in [0.2, 0.25) is 6.29 Å². The van der Waals surface area contributed by atoms with Crippen LogP contribution in [0.3, 0.4) is 0 Å². The Morgan fingerprint density at radius 2 is 1.95 bits per heavy atom. The zero-order chi connectivity index (χ0) is 39.8. The van der Waals surface area contributed by atoms with Crippen LogP contribution >= 0.6 is 0 Å². The van der Waals surface area contributed by atoms with E-state index in [9.17, 15) is 40.2 Å². The zero-order valence-electron chi connectivity index (χ0n) is 32.3. The molecule has 0 amide bonds. The van der Waals surface area contributed by atoms with Crippen LogP contribution in [0.1, 0.15) is 84.6 Å². The number of hydrogen-bond acceptors (Lipinski definition) is 13. The fourth-order valence-electron chi connectivity index (χ4n) is 13.7. The van der Waals surface area contributed by atoms with E-state index >= 15 is 0 Å². The Kier molecular flexibility index (Phi) is 8.64. The number of rotatable bonds is 7. The molecule has 2 bridgehead atoms. The van der Waals surface area contributed by atoms with E-state index in [4.69, 9.17) is 18.9 Å². The Balaban J connectivity index is 1.06. The highest BCUT2D eigenvalue weighted by atomic mass is 16.7. The van der Waals surface area contributed by atoms with Gasteiger partial charge < -0.3 is 49.6 Å². The highest BCUT2D eigenvalue weighted by molar-refractivity contribution is 6.08. The topological polar surface area (TPSA) is 216 Å². The van der Waals surface area contributed by atoms with Crippen LogP contribution in [-0.4, -0.2) is 117 Å². The van der Waals surface area contributed by atoms with E-state index in [1.54, 1.807) is 13.0 Å². The maximum Gasteiger partial charge on any atom is 0.335 e. The number of hydrogen-bond donors (Lipinski definition) is 8. The summed E-state index contributed by atoms with van der Waals surface area (Å²) in [5, 5.41) is 68.0. The van der Waals surface area contributed by atoms with Crippen molar-refractivity contribution in [3.63, 3.8) is 0 Å². The number of Topliss-reactive ketones (excluding diaryl/α,β-unsaturated/α-hetero) is 1. The maximum absolute atomic E-state index is 12.6. The Bertz CT molecular complexity index is 2130. The summed E-state index contributed by atoms with van der Waals surface area (Å²) in [7, 11) is 0. The first-order chi connectivity index (χ1) is 27.3. The molecule has 12 unspecified atom stereocenters. The van der Waals surface area contributed by atoms with Crippen LogP contribution in [-0.2, 0) is 14.2 Å². The number of carbonyl (C=O) groups is 2. The van der Waals surface area contributed by atoms with E-state index in [-0.39, 0.29) is 70.5 Å². The lowest BCUT2D eigenvalue weighted by atomic mass is 9.39. The number of fused-ring (bicyclic) bond motifs is 2. The van der Waals surface area contributed by atoms with Crippen LogP contribution in [0, 0.1) is 35.5 Å². The number of phenols is 1. The van der Waals surface area contributed by atoms with Gasteiger partial charge in [-0.15, -0.1) is 0 Å². The molecule has 12 atom stereocenters. The minimum Gasteiger partial charge on any atom is -0.506 e. The van der Waals surface area contributed by atoms with Crippen LogP contribution in [0.4, 0.5) is 0 Å². The molecule has 3 saturated carbocycles. The minimum absolute atomic E-state index is 0.0136. The smallest absolute Gasteiger partial charge is 0.335 e. The largest absolute Gasteiger partial charge is 0.506 e. The fourth-order valence-corrected chi connectivity index (χ4v) is 13.7. The van der Waals surface area contributed by atoms with E-state index in [0.29, 0.717) is 37.7 Å². The van der Waals surface area contributed by atoms with Crippen molar-refractivity contribution in [2.75, 3.05) is 33.0 Å². The molecule has 6 fully saturated rings. The Labute approximate surface area is 329 Å². The molecule has 306 valence electrons. The molecule has 14 nitrogen and oxygen atoms in total. The fraction of sp³-hybridized carbons (Fsp3) is 0.628. The van der Waals surface area contributed by atoms with Gasteiger partial charge in [0.05, 0.1) is 36.3 Å². The summed E-state index contributed by atoms with van der Waals surface area (Å²) >= 11 is 0. The standard InChI is InChI=1S/C43H52N2O12/c1-20-10-23-11-24(38(52)53)12-28(33(23)34(49)31(20)21(2)48)56-39-35(50)37(51)43(30(15-47)57-39)14-27-32-22(17-55-43)5-6-26(32)41(8-9-46)19-54-16-25-13-40-7-3-4-29(40)44-45-42(27,18-40)36(25)41/h6,10-12,25,27,29-30,35-37,39,44-47,49-51H,3-5,7-9,13-19H2,1-2H3,(H,52,53). The van der Waals surface area contributed by atoms with E-state index in [0.717, 1.165) is 43.3 Å². The third kappa shape index (κ3) is 5.02. The number of aliphatic hydroxyl groups excluding tert-OH is 4. The van der Waals surface area contributed by atoms with Gasteiger partial charge in [-0.25, -0.2) is 4.79 Å². The minimum atomic E-state index is -1.75. The summed E-state index contributed by atoms with van der Waals surface area (Å²) in [6.07, 6.45) is 2.66. The number of ketones is 1. The average Bonchev–Trinajstić information content (AvgIpc) is 3.74. The van der Waals surface area contributed by atoms with Gasteiger partial charge in [0, 0.05) is 36.1 Å². The van der Waals surface area contributed by atoms with E-state index < -0.39 is 65.3 Å². The molecule has 57 heavy (non-hydrogen) atoms. The van der Waals surface area contributed by atoms with Crippen LogP contribution < -0.4 is 15.6 Å². The first-order valence-electron chi connectivity index (χ1n) is 20.4. The Morgan fingerprint density at radius 1 is 1.12 bits per heavy atom. The van der Waals surface area contributed by atoms with Gasteiger partial charge >= 0.3 is 5.97 Å². The summed E-state index contributed by atoms with van der Waals surface area (Å²) in [5.74, 6) is -2.19. The monoisotopic (exact) mass is 788 g/mol. The predicted molar refractivity (Wildman–Crippen MR) is 202 cm³/mol. The van der Waals surface area contributed by atoms with Crippen molar-refractivity contribution in [3.05, 3.63) is 57.7 Å². The van der Waals surface area contributed by atoms with Gasteiger partial charge in [0.25, 0.3) is 0 Å². The van der Waals surface area contributed by atoms with E-state index in [1.165, 1.54) is 24.6 Å². The number of carboxylic acid groups (broad SMARTS) is 1. The van der Waals surface area contributed by atoms with E-state index in [2.05, 4.69) is 16.9 Å². The highest BCUT2D eigenvalue weighted by Gasteiger charge is 2.74. The molecule has 0 aromatic heterocycles. The zero-order valence-corrected chi connectivity index (χ0v) is 32.3. The number of aromatic carboxylic acids is 1. The number of ether oxygens (including phenoxy) is 4. The quantitative estimate of drug-likeness (QED) is 0.190. The van der Waals surface area contributed by atoms with Gasteiger partial charge in [-0.1, -0.05) is 18.6 Å². The molecule has 14 heteroatoms. The molecule has 10 rings (SSSR count). The Hall–Kier alpha value is -3.44. The second kappa shape index (κ2) is 13.0. The molecule has 2 aromatic carbocycles. The summed E-state index contributed by atoms with van der Waals surface area (Å²) in [6, 6.07) is 4.42. The average molecular weight is 789 g/mol. The van der Waals surface area contributed by atoms with Gasteiger partial charge in [-0.2, -0.15) is 0 Å². The number of aliphatic hydroxyl groups is 4. The number of hydrazine groups is 1. The number of benzene rings is 2. The maximum atomic E-state index is 12.6. The number of nitrogens with one attached hydrogen (secondary N) is 2. The van der Waals surface area contributed by atoms with Crippen LogP contribution in [0.15, 0.2) is 41.0 Å². The summed E-state index contributed by atoms with van der Waals surface area (Å²) in [5.41, 5.74) is 8.91. The predicted octanol–water partition coefficient (Wildman–Crippen LogP) is 2.80. The third-order valence-corrected chi connectivity index (χ3v) is 15.7. The molecular formula is C43H52N2O12. The SMILES string of the molecule is CC(=O)c1c(C)cc2cc(C(=O)O)cc(OC3OC(CO)C4(CC5C6=C(CC=C6C6(CCO)COCC7CC89CCCC8NNC5(C9)C76)CO4)C(O)C3O)c2c1O. The van der Waals surface area contributed by atoms with Gasteiger partial charge in [-0.05, 0) is 116 Å². The van der Waals surface area contributed by atoms with E-state index in [1.807, 2.05) is 0 Å². The van der Waals surface area contributed by atoms with Crippen molar-refractivity contribution in [1.29, 1.82) is 0 Å². The van der Waals surface area contributed by atoms with Crippen molar-refractivity contribution in [1.82, 2.24) is 10.9 Å². The van der Waals surface area contributed by atoms with Crippen LogP contribution in [0.25, 0.3) is 10.8 Å². The van der Waals surface area contributed by atoms with Crippen LogP contribution in [0.5, 0.6) is 11.5 Å². The number of aryl methyl sites for hydroxylation is 1. The van der Waals surface area contributed by atoms with Crippen LogP contribution in [0.2, 0.25) is 0 Å². The Morgan fingerprint density at radius 3 is 2.70 bits per heavy atom. The molecule has 2 aromatic rings. The molecular weight excluding hydrogens is 736 g/mol. The third-order valence-electron chi connectivity index (χ3n) is 15.7. The van der Waals surface area contributed by atoms with Gasteiger partial charge in [-0.3, -0.25) is 15.6 Å². The van der Waals surface area contributed by atoms with Crippen molar-refractivity contribution in [2.45, 2.75) is 107 Å². The van der Waals surface area contributed by atoms with Crippen molar-refractivity contribution in [3.8, 4) is 11.5 Å². The van der Waals surface area contributed by atoms with Crippen molar-refractivity contribution >= 4 is 22.5 Å². The lowest BCUT2D eigenvalue weighted by Crippen LogP contribution is -2.81. The lowest BCUT2D eigenvalue weighted by molar-refractivity contribution is -0.327. The second-order valence-electron chi connectivity index (χ2n) is 18.3. The molecule has 4 aliphatic heterocycles. The summed E-state index contributed by atoms with van der Waals surface area (Å²) in [6.45, 7) is 3.61. The molecule has 4 heterocycles. The number of carboxylic acids is 1.